The highest BCUT2D eigenvalue weighted by Gasteiger charge is 2.13. The van der Waals surface area contributed by atoms with Crippen molar-refractivity contribution in [3.05, 3.63) is 12.2 Å². The van der Waals surface area contributed by atoms with E-state index in [2.05, 4.69) is 34.6 Å². The molecule has 0 saturated heterocycles. The number of ether oxygens (including phenoxy) is 1. The number of hydrogen-bond donors (Lipinski definition) is 1. The van der Waals surface area contributed by atoms with E-state index in [1.54, 1.807) is 0 Å². The molecule has 1 atom stereocenters. The van der Waals surface area contributed by atoms with Crippen LogP contribution in [0.1, 0.15) is 41.0 Å². The van der Waals surface area contributed by atoms with Crippen LogP contribution in [-0.2, 0) is 4.74 Å². The third-order valence-corrected chi connectivity index (χ3v) is 1.78. The molecule has 0 fully saturated rings. The largest absolute Gasteiger partial charge is 0.442 e. The first-order valence-corrected chi connectivity index (χ1v) is 5.36. The number of allylic oxidation sites excluding steroid dienone is 1. The Morgan fingerprint density at radius 1 is 1.40 bits per heavy atom. The van der Waals surface area contributed by atoms with Gasteiger partial charge in [0.15, 0.2) is 0 Å². The van der Waals surface area contributed by atoms with E-state index in [9.17, 15) is 4.79 Å². The number of primary amides is 1. The third-order valence-electron chi connectivity index (χ3n) is 1.78. The van der Waals surface area contributed by atoms with Crippen LogP contribution in [-0.4, -0.2) is 12.2 Å². The van der Waals surface area contributed by atoms with Gasteiger partial charge < -0.3 is 10.5 Å². The minimum atomic E-state index is -0.709. The first-order valence-electron chi connectivity index (χ1n) is 5.36. The van der Waals surface area contributed by atoms with Crippen molar-refractivity contribution in [2.75, 3.05) is 0 Å². The maximum absolute atomic E-state index is 10.7. The van der Waals surface area contributed by atoms with Crippen molar-refractivity contribution in [3.8, 4) is 0 Å². The molecule has 2 N–H and O–H groups in total. The van der Waals surface area contributed by atoms with Gasteiger partial charge >= 0.3 is 6.09 Å². The van der Waals surface area contributed by atoms with Crippen LogP contribution in [0.25, 0.3) is 0 Å². The topological polar surface area (TPSA) is 52.3 Å². The Balaban J connectivity index is 4.36. The molecule has 0 aromatic carbocycles. The van der Waals surface area contributed by atoms with Crippen molar-refractivity contribution in [3.63, 3.8) is 0 Å². The van der Waals surface area contributed by atoms with Crippen molar-refractivity contribution in [2.24, 2.45) is 17.1 Å². The van der Waals surface area contributed by atoms with Gasteiger partial charge in [-0.1, -0.05) is 40.7 Å². The number of rotatable bonds is 4. The summed E-state index contributed by atoms with van der Waals surface area (Å²) in [5.74, 6) is 0.471. The number of nitrogens with two attached hydrogens (primary N) is 1. The second-order valence-corrected chi connectivity index (χ2v) is 5.33. The molecule has 0 aliphatic heterocycles. The molecule has 0 saturated carbocycles. The van der Waals surface area contributed by atoms with Gasteiger partial charge in [-0.05, 0) is 23.8 Å². The fraction of sp³-hybridized carbons (Fsp3) is 0.750. The van der Waals surface area contributed by atoms with Crippen LogP contribution in [0.5, 0.6) is 0 Å². The third kappa shape index (κ3) is 9.32. The molecule has 0 rings (SSSR count). The monoisotopic (exact) mass is 213 g/mol. The van der Waals surface area contributed by atoms with Gasteiger partial charge in [0.05, 0.1) is 0 Å². The van der Waals surface area contributed by atoms with Crippen molar-refractivity contribution in [2.45, 2.75) is 47.1 Å². The maximum Gasteiger partial charge on any atom is 0.405 e. The zero-order chi connectivity index (χ0) is 12.1. The Labute approximate surface area is 92.7 Å². The highest BCUT2D eigenvalue weighted by atomic mass is 16.6. The summed E-state index contributed by atoms with van der Waals surface area (Å²) >= 11 is 0. The normalized spacial score (nSPS) is 14.5. The summed E-state index contributed by atoms with van der Waals surface area (Å²) in [6.45, 7) is 10.5. The van der Waals surface area contributed by atoms with E-state index in [4.69, 9.17) is 10.5 Å². The molecule has 3 nitrogen and oxygen atoms in total. The molecule has 0 spiro atoms. The average molecular weight is 213 g/mol. The highest BCUT2D eigenvalue weighted by Crippen LogP contribution is 2.17. The summed E-state index contributed by atoms with van der Waals surface area (Å²) in [5.41, 5.74) is 5.11. The van der Waals surface area contributed by atoms with E-state index in [-0.39, 0.29) is 11.5 Å². The Bertz CT molecular complexity index is 226. The number of carbonyl (C=O) groups is 1. The van der Waals surface area contributed by atoms with Crippen LogP contribution in [0.2, 0.25) is 0 Å². The predicted molar refractivity (Wildman–Crippen MR) is 62.5 cm³/mol. The lowest BCUT2D eigenvalue weighted by atomic mass is 9.94. The van der Waals surface area contributed by atoms with Crippen molar-refractivity contribution in [1.29, 1.82) is 0 Å². The minimum absolute atomic E-state index is 0.0935. The van der Waals surface area contributed by atoms with Gasteiger partial charge in [-0.15, -0.1) is 0 Å². The fourth-order valence-electron chi connectivity index (χ4n) is 1.18. The molecule has 15 heavy (non-hydrogen) atoms. The zero-order valence-electron chi connectivity index (χ0n) is 10.4. The molecule has 0 aromatic rings. The van der Waals surface area contributed by atoms with Crippen molar-refractivity contribution in [1.82, 2.24) is 0 Å². The summed E-state index contributed by atoms with van der Waals surface area (Å²) in [5, 5.41) is 0. The molecule has 0 unspecified atom stereocenters. The molecule has 0 aliphatic rings. The first kappa shape index (κ1) is 14.0. The molecule has 0 heterocycles. The lowest BCUT2D eigenvalue weighted by Crippen LogP contribution is -2.23. The SMILES string of the molecule is CC(C)C[C@@H](/C=C/C(C)(C)C)OC(N)=O. The molecule has 3 heteroatoms. The highest BCUT2D eigenvalue weighted by molar-refractivity contribution is 5.65. The van der Waals surface area contributed by atoms with Crippen LogP contribution >= 0.6 is 0 Å². The van der Waals surface area contributed by atoms with Crippen LogP contribution in [0.3, 0.4) is 0 Å². The Kier molecular flexibility index (Phi) is 5.40. The molecule has 88 valence electrons. The van der Waals surface area contributed by atoms with E-state index >= 15 is 0 Å². The number of carbonyl (C=O) groups excluding carboxylic acids is 1. The zero-order valence-corrected chi connectivity index (χ0v) is 10.4. The van der Waals surface area contributed by atoms with Gasteiger partial charge in [-0.25, -0.2) is 4.79 Å². The minimum Gasteiger partial charge on any atom is -0.442 e. The molecule has 0 aliphatic carbocycles. The van der Waals surface area contributed by atoms with E-state index < -0.39 is 6.09 Å². The van der Waals surface area contributed by atoms with E-state index in [0.717, 1.165) is 6.42 Å². The second kappa shape index (κ2) is 5.79. The second-order valence-electron chi connectivity index (χ2n) is 5.33. The molecule has 1 amide bonds. The van der Waals surface area contributed by atoms with Gasteiger partial charge in [0.25, 0.3) is 0 Å². The number of hydrogen-bond acceptors (Lipinski definition) is 2. The fourth-order valence-corrected chi connectivity index (χ4v) is 1.18. The van der Waals surface area contributed by atoms with Crippen LogP contribution in [0.4, 0.5) is 4.79 Å². The maximum atomic E-state index is 10.7. The summed E-state index contributed by atoms with van der Waals surface area (Å²) < 4.78 is 5.01. The van der Waals surface area contributed by atoms with Gasteiger partial charge in [-0.2, -0.15) is 0 Å². The van der Waals surface area contributed by atoms with Gasteiger partial charge in [0.1, 0.15) is 6.10 Å². The predicted octanol–water partition coefficient (Wildman–Crippen LogP) is 3.10. The van der Waals surface area contributed by atoms with Crippen LogP contribution in [0.15, 0.2) is 12.2 Å². The van der Waals surface area contributed by atoms with E-state index in [1.807, 2.05) is 12.2 Å². The first-order chi connectivity index (χ1) is 6.70. The Morgan fingerprint density at radius 2 is 1.93 bits per heavy atom. The summed E-state index contributed by atoms with van der Waals surface area (Å²) in [7, 11) is 0. The molecule has 0 aromatic heterocycles. The van der Waals surface area contributed by atoms with Crippen molar-refractivity contribution >= 4 is 6.09 Å². The lowest BCUT2D eigenvalue weighted by molar-refractivity contribution is 0.118. The molecular weight excluding hydrogens is 190 g/mol. The Morgan fingerprint density at radius 3 is 2.27 bits per heavy atom. The van der Waals surface area contributed by atoms with Gasteiger partial charge in [-0.3, -0.25) is 0 Å². The standard InChI is InChI=1S/C12H23NO2/c1-9(2)8-10(15-11(13)14)6-7-12(3,4)5/h6-7,9-10H,8H2,1-5H3,(H2,13,14)/b7-6+/t10-/m1/s1. The summed E-state index contributed by atoms with van der Waals surface area (Å²) in [4.78, 5) is 10.7. The molecule has 0 radical (unpaired) electrons. The van der Waals surface area contributed by atoms with Crippen LogP contribution in [0, 0.1) is 11.3 Å². The van der Waals surface area contributed by atoms with E-state index in [0.29, 0.717) is 5.92 Å². The molecular formula is C12H23NO2. The lowest BCUT2D eigenvalue weighted by Gasteiger charge is -2.17. The smallest absolute Gasteiger partial charge is 0.405 e. The number of amides is 1. The van der Waals surface area contributed by atoms with Crippen molar-refractivity contribution < 1.29 is 9.53 Å². The molecule has 0 bridgehead atoms. The summed E-state index contributed by atoms with van der Waals surface area (Å²) in [6.07, 6.45) is 3.85. The van der Waals surface area contributed by atoms with Gasteiger partial charge in [0, 0.05) is 0 Å². The average Bonchev–Trinajstić information content (AvgIpc) is 1.96. The van der Waals surface area contributed by atoms with Crippen LogP contribution < -0.4 is 5.73 Å². The van der Waals surface area contributed by atoms with Gasteiger partial charge in [0.2, 0.25) is 0 Å². The van der Waals surface area contributed by atoms with E-state index in [1.165, 1.54) is 0 Å². The Hall–Kier alpha value is -0.990. The quantitative estimate of drug-likeness (QED) is 0.729. The summed E-state index contributed by atoms with van der Waals surface area (Å²) in [6, 6.07) is 0.